The molecule has 0 bridgehead atoms. The summed E-state index contributed by atoms with van der Waals surface area (Å²) in [5.74, 6) is -0.835. The molecular weight excluding hydrogens is 713 g/mol. The van der Waals surface area contributed by atoms with Crippen LogP contribution < -0.4 is 0 Å². The van der Waals surface area contributed by atoms with Crippen LogP contribution in [0, 0.1) is 0 Å². The molecule has 1 N–H and O–H groups in total. The number of phosphoric ester groups is 1. The Hall–Kier alpha value is -2.03. The highest BCUT2D eigenvalue weighted by Gasteiger charge is 2.27. The second kappa shape index (κ2) is 37.5. The Morgan fingerprint density at radius 3 is 1.49 bits per heavy atom. The van der Waals surface area contributed by atoms with Gasteiger partial charge in [-0.25, -0.2) is 4.57 Å². The van der Waals surface area contributed by atoms with Gasteiger partial charge in [0.2, 0.25) is 0 Å². The summed E-state index contributed by atoms with van der Waals surface area (Å²) in [5.41, 5.74) is 0. The highest BCUT2D eigenvalue weighted by Crippen LogP contribution is 2.43. The Balaban J connectivity index is 4.43. The largest absolute Gasteiger partial charge is 0.472 e. The molecule has 320 valence electrons. The second-order valence-corrected chi connectivity index (χ2v) is 17.2. The maximum atomic E-state index is 12.7. The van der Waals surface area contributed by atoms with E-state index in [1.807, 2.05) is 21.1 Å². The van der Waals surface area contributed by atoms with Crippen LogP contribution in [-0.2, 0) is 32.7 Å². The highest BCUT2D eigenvalue weighted by molar-refractivity contribution is 7.47. The fourth-order valence-corrected chi connectivity index (χ4v) is 6.38. The molecule has 0 radical (unpaired) electrons. The van der Waals surface area contributed by atoms with Gasteiger partial charge in [0.15, 0.2) is 6.10 Å². The fourth-order valence-electron chi connectivity index (χ4n) is 5.64. The molecule has 0 heterocycles. The summed E-state index contributed by atoms with van der Waals surface area (Å²) in [5, 5.41) is 0. The van der Waals surface area contributed by atoms with Crippen molar-refractivity contribution in [3.63, 3.8) is 0 Å². The Bertz CT molecular complexity index is 1080. The van der Waals surface area contributed by atoms with Crippen LogP contribution in [0.3, 0.4) is 0 Å². The first kappa shape index (κ1) is 53.0. The first-order chi connectivity index (χ1) is 26.5. The standard InChI is InChI=1S/C45H82NO8P/c1-6-8-10-12-14-16-18-20-21-22-23-24-25-26-28-30-32-34-36-38-45(48)54-43(42-53-55(49,50)52-40-39-46(3,4)5)41-51-44(47)37-35-33-31-29-27-19-17-15-13-11-9-7-2/h14,16,20-21,23-24,26,28,43H,6-13,15,17-19,22,25,27,29-42H2,1-5H3/p+1/b16-14+,21-20+,24-23+,28-26+/t43-/m1/s1. The molecule has 0 rings (SSSR count). The molecule has 10 heteroatoms. The number of carbonyl (C=O) groups is 2. The van der Waals surface area contributed by atoms with E-state index in [1.54, 1.807) is 0 Å². The number of allylic oxidation sites excluding steroid dienone is 8. The summed E-state index contributed by atoms with van der Waals surface area (Å²) >= 11 is 0. The molecule has 0 aromatic heterocycles. The number of ether oxygens (including phenoxy) is 2. The van der Waals surface area contributed by atoms with E-state index in [1.165, 1.54) is 83.5 Å². The van der Waals surface area contributed by atoms with E-state index in [4.69, 9.17) is 18.5 Å². The normalized spacial score (nSPS) is 14.1. The van der Waals surface area contributed by atoms with Gasteiger partial charge in [0.25, 0.3) is 0 Å². The predicted molar refractivity (Wildman–Crippen MR) is 229 cm³/mol. The van der Waals surface area contributed by atoms with E-state index in [-0.39, 0.29) is 32.0 Å². The second-order valence-electron chi connectivity index (χ2n) is 15.7. The zero-order chi connectivity index (χ0) is 40.7. The topological polar surface area (TPSA) is 108 Å². The first-order valence-corrected chi connectivity index (χ1v) is 23.4. The van der Waals surface area contributed by atoms with Gasteiger partial charge in [-0.15, -0.1) is 0 Å². The Morgan fingerprint density at radius 2 is 0.982 bits per heavy atom. The molecule has 0 saturated carbocycles. The van der Waals surface area contributed by atoms with Crippen LogP contribution in [0.15, 0.2) is 48.6 Å². The van der Waals surface area contributed by atoms with Crippen LogP contribution in [0.25, 0.3) is 0 Å². The van der Waals surface area contributed by atoms with Gasteiger partial charge in [0.1, 0.15) is 19.8 Å². The van der Waals surface area contributed by atoms with Gasteiger partial charge >= 0.3 is 19.8 Å². The van der Waals surface area contributed by atoms with Crippen LogP contribution in [0.5, 0.6) is 0 Å². The number of nitrogens with zero attached hydrogens (tertiary/aromatic N) is 1. The number of likely N-dealkylation sites (N-methyl/N-ethyl adjacent to an activating group) is 1. The van der Waals surface area contributed by atoms with Crippen molar-refractivity contribution in [1.29, 1.82) is 0 Å². The smallest absolute Gasteiger partial charge is 0.462 e. The zero-order valence-electron chi connectivity index (χ0n) is 35.9. The van der Waals surface area contributed by atoms with Crippen LogP contribution >= 0.6 is 7.82 Å². The third-order valence-corrected chi connectivity index (χ3v) is 10.1. The summed E-state index contributed by atoms with van der Waals surface area (Å²) in [6.07, 6.45) is 43.0. The summed E-state index contributed by atoms with van der Waals surface area (Å²) in [4.78, 5) is 35.3. The lowest BCUT2D eigenvalue weighted by atomic mass is 10.0. The van der Waals surface area contributed by atoms with Gasteiger partial charge in [0.05, 0.1) is 27.7 Å². The molecule has 55 heavy (non-hydrogen) atoms. The van der Waals surface area contributed by atoms with Crippen molar-refractivity contribution in [2.24, 2.45) is 0 Å². The lowest BCUT2D eigenvalue weighted by Crippen LogP contribution is -2.37. The van der Waals surface area contributed by atoms with Gasteiger partial charge in [-0.3, -0.25) is 18.6 Å². The van der Waals surface area contributed by atoms with Crippen LogP contribution in [0.4, 0.5) is 0 Å². The Kier molecular flexibility index (Phi) is 36.2. The van der Waals surface area contributed by atoms with E-state index < -0.39 is 26.5 Å². The summed E-state index contributed by atoms with van der Waals surface area (Å²) in [6.45, 7) is 4.35. The third-order valence-electron chi connectivity index (χ3n) is 9.11. The van der Waals surface area contributed by atoms with Crippen molar-refractivity contribution in [3.8, 4) is 0 Å². The first-order valence-electron chi connectivity index (χ1n) is 21.9. The average molecular weight is 797 g/mol. The summed E-state index contributed by atoms with van der Waals surface area (Å²) in [6, 6.07) is 0. The molecule has 0 aliphatic heterocycles. The van der Waals surface area contributed by atoms with E-state index in [9.17, 15) is 19.0 Å². The van der Waals surface area contributed by atoms with Crippen molar-refractivity contribution in [3.05, 3.63) is 48.6 Å². The molecule has 0 aliphatic rings. The lowest BCUT2D eigenvalue weighted by Gasteiger charge is -2.24. The third kappa shape index (κ3) is 41.4. The minimum Gasteiger partial charge on any atom is -0.462 e. The minimum absolute atomic E-state index is 0.0246. The van der Waals surface area contributed by atoms with Crippen LogP contribution in [0.1, 0.15) is 174 Å². The van der Waals surface area contributed by atoms with E-state index in [0.29, 0.717) is 17.4 Å². The van der Waals surface area contributed by atoms with Gasteiger partial charge < -0.3 is 18.9 Å². The SMILES string of the molecule is CCCCC/C=C/C/C=C/C/C=C/C/C=C/CCCCCC(=O)O[C@H](COC(=O)CCCCCCCCCCCCCC)COP(=O)(O)OCC[N+](C)(C)C. The summed E-state index contributed by atoms with van der Waals surface area (Å²) in [7, 11) is 1.45. The average Bonchev–Trinajstić information content (AvgIpc) is 3.13. The van der Waals surface area contributed by atoms with Gasteiger partial charge in [-0.05, 0) is 57.8 Å². The number of hydrogen-bond acceptors (Lipinski definition) is 7. The van der Waals surface area contributed by atoms with Crippen LogP contribution in [-0.4, -0.2) is 74.9 Å². The predicted octanol–water partition coefficient (Wildman–Crippen LogP) is 12.3. The fraction of sp³-hybridized carbons (Fsp3) is 0.778. The molecule has 9 nitrogen and oxygen atoms in total. The maximum Gasteiger partial charge on any atom is 0.472 e. The molecule has 0 saturated heterocycles. The molecule has 2 atom stereocenters. The maximum absolute atomic E-state index is 12.7. The van der Waals surface area contributed by atoms with Gasteiger partial charge in [-0.1, -0.05) is 152 Å². The molecule has 0 aromatic rings. The number of hydrogen-bond donors (Lipinski definition) is 1. The number of phosphoric acid groups is 1. The molecule has 0 aromatic carbocycles. The number of quaternary nitrogens is 1. The Labute approximate surface area is 337 Å². The van der Waals surface area contributed by atoms with E-state index >= 15 is 0 Å². The summed E-state index contributed by atoms with van der Waals surface area (Å²) < 4.78 is 34.2. The number of esters is 2. The monoisotopic (exact) mass is 797 g/mol. The number of carbonyl (C=O) groups excluding carboxylic acids is 2. The van der Waals surface area contributed by atoms with E-state index in [2.05, 4.69) is 62.5 Å². The molecule has 0 amide bonds. The van der Waals surface area contributed by atoms with Gasteiger partial charge in [-0.2, -0.15) is 0 Å². The van der Waals surface area contributed by atoms with Crippen molar-refractivity contribution in [2.75, 3.05) is 47.5 Å². The van der Waals surface area contributed by atoms with Crippen molar-refractivity contribution in [2.45, 2.75) is 180 Å². The van der Waals surface area contributed by atoms with Gasteiger partial charge in [0, 0.05) is 12.8 Å². The highest BCUT2D eigenvalue weighted by atomic mass is 31.2. The van der Waals surface area contributed by atoms with Crippen molar-refractivity contribution in [1.82, 2.24) is 0 Å². The van der Waals surface area contributed by atoms with Crippen molar-refractivity contribution >= 4 is 19.8 Å². The molecule has 1 unspecified atom stereocenters. The van der Waals surface area contributed by atoms with Crippen LogP contribution in [0.2, 0.25) is 0 Å². The zero-order valence-corrected chi connectivity index (χ0v) is 36.8. The number of rotatable bonds is 39. The quantitative estimate of drug-likeness (QED) is 0.0215. The Morgan fingerprint density at radius 1 is 0.564 bits per heavy atom. The molecule has 0 spiro atoms. The lowest BCUT2D eigenvalue weighted by molar-refractivity contribution is -0.870. The van der Waals surface area contributed by atoms with E-state index in [0.717, 1.165) is 57.8 Å². The minimum atomic E-state index is -4.38. The number of unbranched alkanes of at least 4 members (excludes halogenated alkanes) is 17. The van der Waals surface area contributed by atoms with Crippen molar-refractivity contribution < 1.29 is 42.1 Å². The molecular formula is C45H83NO8P+. The molecule has 0 fully saturated rings. The molecule has 0 aliphatic carbocycles.